The van der Waals surface area contributed by atoms with Crippen LogP contribution in [0.2, 0.25) is 0 Å². The summed E-state index contributed by atoms with van der Waals surface area (Å²) in [6, 6.07) is 48.8. The number of aromatic nitrogens is 5. The van der Waals surface area contributed by atoms with Gasteiger partial charge in [-0.2, -0.15) is 9.97 Å². The van der Waals surface area contributed by atoms with Crippen LogP contribution in [0.1, 0.15) is 0 Å². The van der Waals surface area contributed by atoms with E-state index in [1.165, 1.54) is 48.9 Å². The van der Waals surface area contributed by atoms with Crippen molar-refractivity contribution in [1.82, 2.24) is 23.9 Å². The molecule has 10 rings (SSSR count). The van der Waals surface area contributed by atoms with Crippen LogP contribution in [0.15, 0.2) is 140 Å². The summed E-state index contributed by atoms with van der Waals surface area (Å²) in [6.45, 7) is 0. The molecule has 4 heterocycles. The van der Waals surface area contributed by atoms with Crippen molar-refractivity contribution in [2.75, 3.05) is 0 Å². The predicted molar refractivity (Wildman–Crippen MR) is 180 cm³/mol. The van der Waals surface area contributed by atoms with Crippen LogP contribution in [0.4, 0.5) is 0 Å². The summed E-state index contributed by atoms with van der Waals surface area (Å²) in [4.78, 5) is 15.2. The van der Waals surface area contributed by atoms with Crippen LogP contribution < -0.4 is 0 Å². The highest BCUT2D eigenvalue weighted by molar-refractivity contribution is 6.32. The van der Waals surface area contributed by atoms with E-state index < -0.39 is 0 Å². The SMILES string of the molecule is c1ccc(-c2nc(-c3ccccc3)nc(-n3c4ccccc4c4c5c6cccc7c8ccccc8n(c5ccc43)c76)n2)cc1. The van der Waals surface area contributed by atoms with Crippen molar-refractivity contribution in [1.29, 1.82) is 0 Å². The van der Waals surface area contributed by atoms with Crippen molar-refractivity contribution in [3.05, 3.63) is 140 Å². The molecule has 0 spiro atoms. The van der Waals surface area contributed by atoms with E-state index in [0.717, 1.165) is 22.2 Å². The van der Waals surface area contributed by atoms with Gasteiger partial charge < -0.3 is 4.40 Å². The maximum Gasteiger partial charge on any atom is 0.238 e. The highest BCUT2D eigenvalue weighted by Crippen LogP contribution is 2.44. The van der Waals surface area contributed by atoms with E-state index in [1.807, 2.05) is 60.7 Å². The second-order valence-electron chi connectivity index (χ2n) is 11.3. The van der Waals surface area contributed by atoms with E-state index >= 15 is 0 Å². The molecule has 6 aromatic carbocycles. The first-order valence-electron chi connectivity index (χ1n) is 14.8. The summed E-state index contributed by atoms with van der Waals surface area (Å²) < 4.78 is 4.64. The van der Waals surface area contributed by atoms with Gasteiger partial charge in [-0.3, -0.25) is 4.57 Å². The minimum absolute atomic E-state index is 0.602. The molecule has 4 aromatic heterocycles. The van der Waals surface area contributed by atoms with Crippen molar-refractivity contribution in [3.63, 3.8) is 0 Å². The molecule has 5 heteroatoms. The maximum absolute atomic E-state index is 5.11. The fourth-order valence-electron chi connectivity index (χ4n) is 7.09. The van der Waals surface area contributed by atoms with Crippen LogP contribution in [0, 0.1) is 0 Å². The number of nitrogens with zero attached hydrogens (tertiary/aromatic N) is 5. The van der Waals surface area contributed by atoms with Gasteiger partial charge >= 0.3 is 0 Å². The Kier molecular flexibility index (Phi) is 4.66. The van der Waals surface area contributed by atoms with Crippen molar-refractivity contribution in [2.45, 2.75) is 0 Å². The number of hydrogen-bond donors (Lipinski definition) is 0. The fraction of sp³-hybridized carbons (Fsp3) is 0. The largest absolute Gasteiger partial charge is 0.308 e. The first-order valence-corrected chi connectivity index (χ1v) is 14.8. The first kappa shape index (κ1) is 23.5. The Bertz CT molecular complexity index is 2650. The molecule has 0 radical (unpaired) electrons. The zero-order chi connectivity index (χ0) is 28.8. The molecule has 0 aliphatic heterocycles. The van der Waals surface area contributed by atoms with Crippen LogP contribution in [-0.2, 0) is 0 Å². The Labute approximate surface area is 251 Å². The second-order valence-corrected chi connectivity index (χ2v) is 11.3. The van der Waals surface area contributed by atoms with E-state index in [-0.39, 0.29) is 0 Å². The molecule has 10 aromatic rings. The topological polar surface area (TPSA) is 48.0 Å². The minimum Gasteiger partial charge on any atom is -0.308 e. The molecule has 0 saturated carbocycles. The molecule has 0 atom stereocenters. The quantitative estimate of drug-likeness (QED) is 0.216. The molecule has 44 heavy (non-hydrogen) atoms. The van der Waals surface area contributed by atoms with Gasteiger partial charge in [-0.15, -0.1) is 0 Å². The Morgan fingerprint density at radius 2 is 0.909 bits per heavy atom. The fourth-order valence-corrected chi connectivity index (χ4v) is 7.09. The molecule has 0 aliphatic rings. The second kappa shape index (κ2) is 8.72. The zero-order valence-electron chi connectivity index (χ0n) is 23.5. The van der Waals surface area contributed by atoms with Gasteiger partial charge in [0.1, 0.15) is 0 Å². The summed E-state index contributed by atoms with van der Waals surface area (Å²) >= 11 is 0. The zero-order valence-corrected chi connectivity index (χ0v) is 23.5. The van der Waals surface area contributed by atoms with Gasteiger partial charge in [0.2, 0.25) is 5.95 Å². The molecule has 0 N–H and O–H groups in total. The van der Waals surface area contributed by atoms with Crippen LogP contribution in [-0.4, -0.2) is 23.9 Å². The lowest BCUT2D eigenvalue weighted by Gasteiger charge is -2.11. The standard InChI is InChI=1S/C39H23N5/c1-3-12-24(13-4-1)37-40-38(25-14-5-2-6-15-25)42-39(41-37)44-31-21-10-8-17-28(31)34-33(44)23-22-32-35(34)29-19-11-18-27-26-16-7-9-20-30(26)43(32)36(27)29/h1-23H. The Balaban J connectivity index is 1.36. The molecule has 5 nitrogen and oxygen atoms in total. The van der Waals surface area contributed by atoms with E-state index in [1.54, 1.807) is 0 Å². The summed E-state index contributed by atoms with van der Waals surface area (Å²) in [7, 11) is 0. The van der Waals surface area contributed by atoms with Crippen molar-refractivity contribution >= 4 is 59.9 Å². The molecule has 0 saturated heterocycles. The van der Waals surface area contributed by atoms with Crippen LogP contribution in [0.25, 0.3) is 88.6 Å². The Hall–Kier alpha value is -6.07. The third-order valence-corrected chi connectivity index (χ3v) is 8.91. The van der Waals surface area contributed by atoms with Gasteiger partial charge in [0.05, 0.1) is 27.6 Å². The predicted octanol–water partition coefficient (Wildman–Crippen LogP) is 9.45. The molecular weight excluding hydrogens is 538 g/mol. The number of fused-ring (bicyclic) bond motifs is 10. The molecule has 0 bridgehead atoms. The number of benzene rings is 6. The van der Waals surface area contributed by atoms with Crippen LogP contribution in [0.3, 0.4) is 0 Å². The average molecular weight is 562 g/mol. The molecule has 0 amide bonds. The summed E-state index contributed by atoms with van der Waals surface area (Å²) in [6.07, 6.45) is 0. The Morgan fingerprint density at radius 3 is 1.64 bits per heavy atom. The summed E-state index contributed by atoms with van der Waals surface area (Å²) in [5, 5.41) is 7.46. The molecular formula is C39H23N5. The third kappa shape index (κ3) is 3.10. The molecule has 0 aliphatic carbocycles. The molecule has 0 fully saturated rings. The first-order chi connectivity index (χ1) is 21.8. The number of hydrogen-bond acceptors (Lipinski definition) is 3. The van der Waals surface area contributed by atoms with E-state index in [0.29, 0.717) is 17.6 Å². The van der Waals surface area contributed by atoms with E-state index in [9.17, 15) is 0 Å². The summed E-state index contributed by atoms with van der Waals surface area (Å²) in [5.74, 6) is 1.90. The van der Waals surface area contributed by atoms with Crippen molar-refractivity contribution in [3.8, 4) is 28.7 Å². The lowest BCUT2D eigenvalue weighted by Crippen LogP contribution is -2.06. The summed E-state index contributed by atoms with van der Waals surface area (Å²) in [5.41, 5.74) is 7.74. The highest BCUT2D eigenvalue weighted by Gasteiger charge is 2.23. The van der Waals surface area contributed by atoms with Crippen LogP contribution in [0.5, 0.6) is 0 Å². The van der Waals surface area contributed by atoms with Gasteiger partial charge in [0.25, 0.3) is 0 Å². The maximum atomic E-state index is 5.11. The lowest BCUT2D eigenvalue weighted by molar-refractivity contribution is 0.953. The van der Waals surface area contributed by atoms with Gasteiger partial charge in [-0.1, -0.05) is 115 Å². The van der Waals surface area contributed by atoms with E-state index in [4.69, 9.17) is 15.0 Å². The number of rotatable bonds is 3. The monoisotopic (exact) mass is 561 g/mol. The van der Waals surface area contributed by atoms with Crippen LogP contribution >= 0.6 is 0 Å². The molecule has 204 valence electrons. The smallest absolute Gasteiger partial charge is 0.238 e. The third-order valence-electron chi connectivity index (χ3n) is 8.91. The Morgan fingerprint density at radius 1 is 0.364 bits per heavy atom. The van der Waals surface area contributed by atoms with Gasteiger partial charge in [0.15, 0.2) is 11.6 Å². The highest BCUT2D eigenvalue weighted by atomic mass is 15.2. The molecule has 0 unspecified atom stereocenters. The minimum atomic E-state index is 0.602. The van der Waals surface area contributed by atoms with Gasteiger partial charge in [-0.25, -0.2) is 4.98 Å². The van der Waals surface area contributed by atoms with Crippen molar-refractivity contribution < 1.29 is 0 Å². The number of para-hydroxylation sites is 3. The van der Waals surface area contributed by atoms with Gasteiger partial charge in [0, 0.05) is 43.4 Å². The average Bonchev–Trinajstić information content (AvgIpc) is 3.74. The normalized spacial score (nSPS) is 12.1. The van der Waals surface area contributed by atoms with Gasteiger partial charge in [-0.05, 0) is 24.3 Å². The van der Waals surface area contributed by atoms with E-state index in [2.05, 4.69) is 87.8 Å². The lowest BCUT2D eigenvalue weighted by atomic mass is 10.0. The van der Waals surface area contributed by atoms with Crippen molar-refractivity contribution in [2.24, 2.45) is 0 Å².